The van der Waals surface area contributed by atoms with Crippen LogP contribution in [-0.2, 0) is 14.3 Å². The lowest BCUT2D eigenvalue weighted by atomic mass is 9.85. The number of methoxy groups -OCH3 is 3. The number of nitrogens with zero attached hydrogens (tertiary/aromatic N) is 1. The number of pyridine rings is 1. The third kappa shape index (κ3) is 7.84. The van der Waals surface area contributed by atoms with Crippen molar-refractivity contribution < 1.29 is 38.1 Å². The van der Waals surface area contributed by atoms with Crippen molar-refractivity contribution >= 4 is 17.7 Å². The number of ketones is 1. The summed E-state index contributed by atoms with van der Waals surface area (Å²) in [4.78, 5) is 42.2. The maximum atomic E-state index is 13.3. The predicted molar refractivity (Wildman–Crippen MR) is 153 cm³/mol. The van der Waals surface area contributed by atoms with Crippen LogP contribution < -0.4 is 18.9 Å². The minimum atomic E-state index is -0.803. The second-order valence-corrected chi connectivity index (χ2v) is 10.00. The van der Waals surface area contributed by atoms with E-state index < -0.39 is 29.7 Å². The van der Waals surface area contributed by atoms with Gasteiger partial charge in [-0.15, -0.1) is 0 Å². The van der Waals surface area contributed by atoms with E-state index >= 15 is 0 Å². The number of ether oxygens (including phenoxy) is 5. The summed E-state index contributed by atoms with van der Waals surface area (Å²) in [6, 6.07) is 13.3. The lowest BCUT2D eigenvalue weighted by Gasteiger charge is -2.27. The maximum Gasteiger partial charge on any atom is 0.309 e. The molecular weight excluding hydrogens is 526 g/mol. The fourth-order valence-corrected chi connectivity index (χ4v) is 4.74. The van der Waals surface area contributed by atoms with Gasteiger partial charge in [0.15, 0.2) is 17.2 Å². The molecular formula is C32H37NO8. The zero-order valence-electron chi connectivity index (χ0n) is 24.8. The summed E-state index contributed by atoms with van der Waals surface area (Å²) in [5.74, 6) is -1.32. The van der Waals surface area contributed by atoms with Crippen molar-refractivity contribution in [1.29, 1.82) is 0 Å². The molecule has 0 saturated heterocycles. The van der Waals surface area contributed by atoms with Crippen molar-refractivity contribution in [2.24, 2.45) is 5.92 Å². The highest BCUT2D eigenvalue weighted by Crippen LogP contribution is 2.36. The number of Topliss-reactive ketones (excluding diaryl/α,β-unsaturated/α-hetero) is 1. The maximum absolute atomic E-state index is 13.3. The van der Waals surface area contributed by atoms with Gasteiger partial charge in [-0.25, -0.2) is 4.98 Å². The summed E-state index contributed by atoms with van der Waals surface area (Å²) < 4.78 is 27.4. The molecule has 2 atom stereocenters. The molecule has 218 valence electrons. The van der Waals surface area contributed by atoms with E-state index in [4.69, 9.17) is 23.7 Å². The lowest BCUT2D eigenvalue weighted by Crippen LogP contribution is -2.28. The Morgan fingerprint density at radius 2 is 1.39 bits per heavy atom. The van der Waals surface area contributed by atoms with E-state index in [1.54, 1.807) is 21.1 Å². The number of hydrogen-bond donors (Lipinski definition) is 0. The van der Waals surface area contributed by atoms with E-state index in [0.717, 1.165) is 22.3 Å². The van der Waals surface area contributed by atoms with Crippen LogP contribution in [0, 0.1) is 19.8 Å². The number of aryl methyl sites for hydroxylation is 2. The standard InChI is InChI=1S/C32H37NO8/c1-18-11-23(16-25(13-18)37-6)29(24-12-19(2)14-26(17-24)38-7)21(4)40-32(36)20(3)15-27(35)30-31(41-22(5)34)28(39-8)9-10-33-30/h9-14,16-17,20-21,29H,15H2,1-8H3/t20-,21+/m1/s1. The van der Waals surface area contributed by atoms with Gasteiger partial charge in [-0.3, -0.25) is 14.4 Å². The Morgan fingerprint density at radius 1 is 0.829 bits per heavy atom. The van der Waals surface area contributed by atoms with Gasteiger partial charge in [0.05, 0.1) is 27.2 Å². The molecule has 3 rings (SSSR count). The summed E-state index contributed by atoms with van der Waals surface area (Å²) >= 11 is 0. The van der Waals surface area contributed by atoms with Gasteiger partial charge in [0.2, 0.25) is 5.75 Å². The summed E-state index contributed by atoms with van der Waals surface area (Å²) in [6.07, 6.45) is 0.562. The van der Waals surface area contributed by atoms with Gasteiger partial charge in [0, 0.05) is 31.5 Å². The van der Waals surface area contributed by atoms with E-state index in [-0.39, 0.29) is 29.5 Å². The normalized spacial score (nSPS) is 12.3. The highest BCUT2D eigenvalue weighted by atomic mass is 16.6. The van der Waals surface area contributed by atoms with Gasteiger partial charge in [-0.1, -0.05) is 19.1 Å². The number of aromatic nitrogens is 1. The van der Waals surface area contributed by atoms with Crippen molar-refractivity contribution in [2.45, 2.75) is 53.1 Å². The monoisotopic (exact) mass is 563 g/mol. The van der Waals surface area contributed by atoms with Crippen molar-refractivity contribution in [3.8, 4) is 23.0 Å². The van der Waals surface area contributed by atoms with Crippen LogP contribution in [0.4, 0.5) is 0 Å². The molecule has 0 spiro atoms. The molecule has 0 radical (unpaired) electrons. The van der Waals surface area contributed by atoms with Gasteiger partial charge < -0.3 is 23.7 Å². The molecule has 3 aromatic rings. The molecule has 0 amide bonds. The summed E-state index contributed by atoms with van der Waals surface area (Å²) in [7, 11) is 4.60. The van der Waals surface area contributed by atoms with Crippen LogP contribution in [0.5, 0.6) is 23.0 Å². The summed E-state index contributed by atoms with van der Waals surface area (Å²) in [5.41, 5.74) is 3.71. The average Bonchev–Trinajstić information content (AvgIpc) is 2.92. The number of carbonyl (C=O) groups excluding carboxylic acids is 3. The van der Waals surface area contributed by atoms with E-state index in [0.29, 0.717) is 11.5 Å². The van der Waals surface area contributed by atoms with Crippen LogP contribution in [0.15, 0.2) is 48.7 Å². The highest BCUT2D eigenvalue weighted by molar-refractivity contribution is 5.99. The molecule has 1 aromatic heterocycles. The first-order chi connectivity index (χ1) is 19.5. The molecule has 0 aliphatic heterocycles. The second kappa shape index (κ2) is 13.8. The molecule has 1 heterocycles. The van der Waals surface area contributed by atoms with Crippen LogP contribution in [0.3, 0.4) is 0 Å². The van der Waals surface area contributed by atoms with Crippen molar-refractivity contribution in [3.05, 3.63) is 76.6 Å². The van der Waals surface area contributed by atoms with E-state index in [1.165, 1.54) is 26.3 Å². The van der Waals surface area contributed by atoms with E-state index in [9.17, 15) is 14.4 Å². The zero-order chi connectivity index (χ0) is 30.3. The molecule has 0 saturated carbocycles. The Hall–Kier alpha value is -4.40. The average molecular weight is 564 g/mol. The van der Waals surface area contributed by atoms with Crippen molar-refractivity contribution in [1.82, 2.24) is 4.98 Å². The molecule has 2 aromatic carbocycles. The zero-order valence-corrected chi connectivity index (χ0v) is 24.8. The van der Waals surface area contributed by atoms with Crippen molar-refractivity contribution in [2.75, 3.05) is 21.3 Å². The number of carbonyl (C=O) groups is 3. The van der Waals surface area contributed by atoms with Gasteiger partial charge in [-0.05, 0) is 67.3 Å². The van der Waals surface area contributed by atoms with Gasteiger partial charge in [0.1, 0.15) is 17.6 Å². The number of hydrogen-bond acceptors (Lipinski definition) is 9. The number of benzene rings is 2. The van der Waals surface area contributed by atoms with Crippen LogP contribution in [0.1, 0.15) is 65.9 Å². The molecule has 0 unspecified atom stereocenters. The lowest BCUT2D eigenvalue weighted by molar-refractivity contribution is -0.153. The molecule has 0 N–H and O–H groups in total. The van der Waals surface area contributed by atoms with Crippen LogP contribution >= 0.6 is 0 Å². The molecule has 0 aliphatic rings. The smallest absolute Gasteiger partial charge is 0.309 e. The first kappa shape index (κ1) is 31.1. The largest absolute Gasteiger partial charge is 0.497 e. The predicted octanol–water partition coefficient (Wildman–Crippen LogP) is 5.62. The topological polar surface area (TPSA) is 110 Å². The first-order valence-electron chi connectivity index (χ1n) is 13.2. The number of rotatable bonds is 12. The summed E-state index contributed by atoms with van der Waals surface area (Å²) in [5, 5.41) is 0. The fraction of sp³-hybridized carbons (Fsp3) is 0.375. The molecule has 0 aliphatic carbocycles. The molecule has 0 bridgehead atoms. The summed E-state index contributed by atoms with van der Waals surface area (Å²) in [6.45, 7) is 8.59. The SMILES string of the molecule is COc1cc(C)cc(C(c2cc(C)cc(OC)c2)[C@H](C)OC(=O)[C@H](C)CC(=O)c2nccc(OC)c2OC(C)=O)c1. The Bertz CT molecular complexity index is 1360. The quantitative estimate of drug-likeness (QED) is 0.205. The van der Waals surface area contributed by atoms with Gasteiger partial charge in [0.25, 0.3) is 0 Å². The Balaban J connectivity index is 1.89. The van der Waals surface area contributed by atoms with E-state index in [1.807, 2.05) is 57.2 Å². The Labute approximate surface area is 240 Å². The minimum absolute atomic E-state index is 0.0803. The van der Waals surface area contributed by atoms with Crippen LogP contribution in [0.25, 0.3) is 0 Å². The Kier molecular flexibility index (Phi) is 10.5. The fourth-order valence-electron chi connectivity index (χ4n) is 4.74. The second-order valence-electron chi connectivity index (χ2n) is 10.00. The molecule has 9 nitrogen and oxygen atoms in total. The third-order valence-electron chi connectivity index (χ3n) is 6.60. The van der Waals surface area contributed by atoms with Crippen LogP contribution in [0.2, 0.25) is 0 Å². The molecule has 0 fully saturated rings. The molecule has 41 heavy (non-hydrogen) atoms. The first-order valence-corrected chi connectivity index (χ1v) is 13.2. The van der Waals surface area contributed by atoms with E-state index in [2.05, 4.69) is 4.98 Å². The number of esters is 2. The highest BCUT2D eigenvalue weighted by Gasteiger charge is 2.30. The van der Waals surface area contributed by atoms with Gasteiger partial charge in [-0.2, -0.15) is 0 Å². The van der Waals surface area contributed by atoms with Crippen LogP contribution in [-0.4, -0.2) is 50.1 Å². The Morgan fingerprint density at radius 3 is 1.88 bits per heavy atom. The molecule has 9 heteroatoms. The van der Waals surface area contributed by atoms with Crippen molar-refractivity contribution in [3.63, 3.8) is 0 Å². The third-order valence-corrected chi connectivity index (χ3v) is 6.60. The minimum Gasteiger partial charge on any atom is -0.497 e. The van der Waals surface area contributed by atoms with Gasteiger partial charge >= 0.3 is 11.9 Å².